The average molecular weight is 258 g/mol. The maximum Gasteiger partial charge on any atom is 0.107 e. The van der Waals surface area contributed by atoms with Crippen LogP contribution in [-0.2, 0) is 13.0 Å². The number of aryl methyl sites for hydroxylation is 1. The monoisotopic (exact) mass is 258 g/mol. The molecule has 1 heterocycles. The van der Waals surface area contributed by atoms with Crippen molar-refractivity contribution in [1.29, 1.82) is 0 Å². The number of nitrogens with zero attached hydrogens (tertiary/aromatic N) is 1. The first-order valence-corrected chi connectivity index (χ1v) is 7.27. The van der Waals surface area contributed by atoms with Crippen molar-refractivity contribution in [3.63, 3.8) is 0 Å². The van der Waals surface area contributed by atoms with Crippen LogP contribution >= 0.6 is 11.3 Å². The summed E-state index contributed by atoms with van der Waals surface area (Å²) in [6.45, 7) is 7.36. The van der Waals surface area contributed by atoms with Crippen LogP contribution < -0.4 is 5.32 Å². The molecular weight excluding hydrogens is 240 g/mol. The lowest BCUT2D eigenvalue weighted by Gasteiger charge is -2.05. The molecule has 0 atom stereocenters. The summed E-state index contributed by atoms with van der Waals surface area (Å²) >= 11 is 1.85. The van der Waals surface area contributed by atoms with Gasteiger partial charge in [-0.1, -0.05) is 31.5 Å². The molecule has 0 radical (unpaired) electrons. The van der Waals surface area contributed by atoms with Crippen LogP contribution in [-0.4, -0.2) is 11.0 Å². The zero-order valence-electron chi connectivity index (χ0n) is 11.1. The quantitative estimate of drug-likeness (QED) is 0.777. The summed E-state index contributed by atoms with van der Waals surface area (Å²) in [5.74, 6) is 0. The Morgan fingerprint density at radius 1 is 1.39 bits per heavy atom. The molecule has 0 saturated carbocycles. The molecular formula is C15H18N2S. The zero-order chi connectivity index (χ0) is 12.7. The Hall–Kier alpha value is -1.19. The van der Waals surface area contributed by atoms with E-state index < -0.39 is 0 Å². The Kier molecular flexibility index (Phi) is 2.96. The van der Waals surface area contributed by atoms with E-state index in [9.17, 15) is 0 Å². The van der Waals surface area contributed by atoms with E-state index in [2.05, 4.69) is 44.3 Å². The van der Waals surface area contributed by atoms with E-state index in [1.54, 1.807) is 0 Å². The summed E-state index contributed by atoms with van der Waals surface area (Å²) in [4.78, 5) is 6.23. The second-order valence-electron chi connectivity index (χ2n) is 5.25. The Morgan fingerprint density at radius 3 is 3.00 bits per heavy atom. The van der Waals surface area contributed by atoms with E-state index >= 15 is 0 Å². The predicted molar refractivity (Wildman–Crippen MR) is 77.1 cm³/mol. The van der Waals surface area contributed by atoms with Gasteiger partial charge in [0.15, 0.2) is 0 Å². The molecule has 0 aliphatic heterocycles. The van der Waals surface area contributed by atoms with Crippen molar-refractivity contribution in [3.05, 3.63) is 39.2 Å². The second-order valence-corrected chi connectivity index (χ2v) is 6.42. The van der Waals surface area contributed by atoms with Gasteiger partial charge in [0.25, 0.3) is 0 Å². The van der Waals surface area contributed by atoms with E-state index in [0.29, 0.717) is 6.04 Å². The Labute approximate surface area is 112 Å². The summed E-state index contributed by atoms with van der Waals surface area (Å²) in [6.07, 6.45) is 1.06. The minimum Gasteiger partial charge on any atom is -0.308 e. The van der Waals surface area contributed by atoms with Gasteiger partial charge >= 0.3 is 0 Å². The van der Waals surface area contributed by atoms with Crippen LogP contribution in [0, 0.1) is 6.92 Å². The molecule has 2 aromatic rings. The Bertz CT molecular complexity index is 584. The average Bonchev–Trinajstić information content (AvgIpc) is 2.84. The van der Waals surface area contributed by atoms with Crippen molar-refractivity contribution in [2.75, 3.05) is 0 Å². The highest BCUT2D eigenvalue weighted by atomic mass is 32.1. The topological polar surface area (TPSA) is 24.9 Å². The highest BCUT2D eigenvalue weighted by molar-refractivity contribution is 7.12. The van der Waals surface area contributed by atoms with E-state index in [-0.39, 0.29) is 0 Å². The number of nitrogens with one attached hydrogen (secondary N) is 1. The fourth-order valence-electron chi connectivity index (χ4n) is 2.34. The number of rotatable bonds is 3. The normalized spacial score (nSPS) is 12.9. The maximum atomic E-state index is 4.80. The van der Waals surface area contributed by atoms with Gasteiger partial charge in [0.2, 0.25) is 0 Å². The number of thiazole rings is 1. The summed E-state index contributed by atoms with van der Waals surface area (Å²) in [5, 5.41) is 4.64. The summed E-state index contributed by atoms with van der Waals surface area (Å²) in [5.41, 5.74) is 5.31. The molecule has 94 valence electrons. The fraction of sp³-hybridized carbons (Fsp3) is 0.400. The van der Waals surface area contributed by atoms with Gasteiger partial charge in [0, 0.05) is 29.4 Å². The third kappa shape index (κ3) is 2.08. The molecule has 1 aliphatic rings. The smallest absolute Gasteiger partial charge is 0.107 e. The third-order valence-electron chi connectivity index (χ3n) is 3.27. The van der Waals surface area contributed by atoms with Gasteiger partial charge in [-0.05, 0) is 18.6 Å². The molecule has 18 heavy (non-hydrogen) atoms. The van der Waals surface area contributed by atoms with Gasteiger partial charge in [0.05, 0.1) is 5.69 Å². The van der Waals surface area contributed by atoms with E-state index in [4.69, 9.17) is 4.98 Å². The van der Waals surface area contributed by atoms with Gasteiger partial charge < -0.3 is 5.32 Å². The fourth-order valence-corrected chi connectivity index (χ4v) is 3.39. The molecule has 0 bridgehead atoms. The van der Waals surface area contributed by atoms with Gasteiger partial charge in [-0.15, -0.1) is 11.3 Å². The lowest BCUT2D eigenvalue weighted by molar-refractivity contribution is 0.587. The van der Waals surface area contributed by atoms with Crippen molar-refractivity contribution in [3.8, 4) is 11.3 Å². The maximum absolute atomic E-state index is 4.80. The van der Waals surface area contributed by atoms with Crippen molar-refractivity contribution in [1.82, 2.24) is 10.3 Å². The van der Waals surface area contributed by atoms with Gasteiger partial charge in [-0.2, -0.15) is 0 Å². The van der Waals surface area contributed by atoms with Crippen LogP contribution in [0.5, 0.6) is 0 Å². The molecule has 1 aromatic heterocycles. The summed E-state index contributed by atoms with van der Waals surface area (Å²) in [6, 6.07) is 7.21. The number of aromatic nitrogens is 1. The van der Waals surface area contributed by atoms with E-state index in [1.165, 1.54) is 32.3 Å². The molecule has 1 aromatic carbocycles. The molecule has 1 N–H and O–H groups in total. The highest BCUT2D eigenvalue weighted by Gasteiger charge is 2.23. The van der Waals surface area contributed by atoms with Crippen molar-refractivity contribution in [2.45, 2.75) is 39.8 Å². The first kappa shape index (κ1) is 11.9. The van der Waals surface area contributed by atoms with Gasteiger partial charge in [-0.3, -0.25) is 0 Å². The lowest BCUT2D eigenvalue weighted by atomic mass is 10.1. The minimum absolute atomic E-state index is 0.512. The standard InChI is InChI=1S/C15H18N2S/c1-9(2)16-8-14-17-15-12-6-10(3)4-5-11(12)7-13(15)18-14/h4-6,9,16H,7-8H2,1-3H3. The van der Waals surface area contributed by atoms with Crippen molar-refractivity contribution >= 4 is 11.3 Å². The molecule has 1 aliphatic carbocycles. The summed E-state index contributed by atoms with van der Waals surface area (Å²) in [7, 11) is 0. The van der Waals surface area contributed by atoms with Gasteiger partial charge in [0.1, 0.15) is 5.01 Å². The number of fused-ring (bicyclic) bond motifs is 3. The largest absolute Gasteiger partial charge is 0.308 e. The zero-order valence-corrected chi connectivity index (χ0v) is 11.9. The van der Waals surface area contributed by atoms with Crippen LogP contribution in [0.1, 0.15) is 34.9 Å². The molecule has 0 amide bonds. The summed E-state index contributed by atoms with van der Waals surface area (Å²) < 4.78 is 0. The van der Waals surface area contributed by atoms with Crippen molar-refractivity contribution < 1.29 is 0 Å². The van der Waals surface area contributed by atoms with Gasteiger partial charge in [-0.25, -0.2) is 4.98 Å². The van der Waals surface area contributed by atoms with Crippen LogP contribution in [0.2, 0.25) is 0 Å². The van der Waals surface area contributed by atoms with Crippen LogP contribution in [0.25, 0.3) is 11.3 Å². The third-order valence-corrected chi connectivity index (χ3v) is 4.33. The lowest BCUT2D eigenvalue weighted by Crippen LogP contribution is -2.21. The first-order chi connectivity index (χ1) is 8.63. The van der Waals surface area contributed by atoms with E-state index in [1.807, 2.05) is 11.3 Å². The van der Waals surface area contributed by atoms with Crippen molar-refractivity contribution in [2.24, 2.45) is 0 Å². The number of benzene rings is 1. The molecule has 0 saturated heterocycles. The number of hydrogen-bond donors (Lipinski definition) is 1. The minimum atomic E-state index is 0.512. The predicted octanol–water partition coefficient (Wildman–Crippen LogP) is 3.52. The number of hydrogen-bond acceptors (Lipinski definition) is 3. The highest BCUT2D eigenvalue weighted by Crippen LogP contribution is 2.39. The molecule has 3 rings (SSSR count). The SMILES string of the molecule is Cc1ccc2c(c1)-c1nc(CNC(C)C)sc1C2. The van der Waals surface area contributed by atoms with Crippen LogP contribution in [0.15, 0.2) is 18.2 Å². The Morgan fingerprint density at radius 2 is 2.22 bits per heavy atom. The molecule has 0 unspecified atom stereocenters. The second kappa shape index (κ2) is 4.48. The molecule has 2 nitrogen and oxygen atoms in total. The van der Waals surface area contributed by atoms with E-state index in [0.717, 1.165) is 13.0 Å². The van der Waals surface area contributed by atoms with Crippen LogP contribution in [0.4, 0.5) is 0 Å². The van der Waals surface area contributed by atoms with Crippen LogP contribution in [0.3, 0.4) is 0 Å². The molecule has 3 heteroatoms. The Balaban J connectivity index is 1.90. The first-order valence-electron chi connectivity index (χ1n) is 6.45. The molecule has 0 fully saturated rings. The molecule has 0 spiro atoms.